The van der Waals surface area contributed by atoms with Crippen molar-refractivity contribution in [2.75, 3.05) is 5.32 Å². The second-order valence-electron chi connectivity index (χ2n) is 3.85. The zero-order valence-corrected chi connectivity index (χ0v) is 12.5. The molecule has 5 nitrogen and oxygen atoms in total. The molecule has 0 saturated carbocycles. The number of aromatic nitrogens is 3. The molecule has 0 spiro atoms. The van der Waals surface area contributed by atoms with Crippen LogP contribution in [0.1, 0.15) is 19.4 Å². The molecule has 0 aliphatic carbocycles. The summed E-state index contributed by atoms with van der Waals surface area (Å²) in [6.45, 7) is 4.57. The van der Waals surface area contributed by atoms with Gasteiger partial charge in [0.15, 0.2) is 3.92 Å². The van der Waals surface area contributed by atoms with E-state index in [1.165, 1.54) is 11.3 Å². The summed E-state index contributed by atoms with van der Waals surface area (Å²) in [6.07, 6.45) is 1.83. The number of ether oxygens (including phenoxy) is 1. The fourth-order valence-electron chi connectivity index (χ4n) is 1.34. The van der Waals surface area contributed by atoms with Crippen molar-refractivity contribution in [3.05, 3.63) is 27.8 Å². The third-order valence-electron chi connectivity index (χ3n) is 2.03. The van der Waals surface area contributed by atoms with E-state index in [4.69, 9.17) is 4.74 Å². The van der Waals surface area contributed by atoms with E-state index >= 15 is 0 Å². The summed E-state index contributed by atoms with van der Waals surface area (Å²) in [7, 11) is 0. The van der Waals surface area contributed by atoms with Crippen LogP contribution in [0.2, 0.25) is 0 Å². The molecule has 0 unspecified atom stereocenters. The molecule has 0 amide bonds. The summed E-state index contributed by atoms with van der Waals surface area (Å²) in [6, 6.07) is 3.87. The number of rotatable bonds is 5. The lowest BCUT2D eigenvalue weighted by Crippen LogP contribution is -2.10. The fourth-order valence-corrected chi connectivity index (χ4v) is 2.34. The topological polar surface area (TPSA) is 59.9 Å². The van der Waals surface area contributed by atoms with Gasteiger partial charge < -0.3 is 10.1 Å². The third-order valence-corrected chi connectivity index (χ3v) is 3.34. The first kappa shape index (κ1) is 13.2. The number of hydrogen-bond acceptors (Lipinski definition) is 6. The zero-order valence-electron chi connectivity index (χ0n) is 10.1. The molecule has 0 atom stereocenters. The number of hydrogen-bond donors (Lipinski definition) is 1. The first-order valence-corrected chi connectivity index (χ1v) is 7.09. The lowest BCUT2D eigenvalue weighted by molar-refractivity contribution is 0.230. The highest BCUT2D eigenvalue weighted by molar-refractivity contribution is 9.11. The molecule has 0 bridgehead atoms. The van der Waals surface area contributed by atoms with Crippen molar-refractivity contribution < 1.29 is 4.74 Å². The van der Waals surface area contributed by atoms with Crippen molar-refractivity contribution >= 4 is 32.4 Å². The monoisotopic (exact) mass is 328 g/mol. The standard InChI is InChI=1S/C11H13BrN4OS/c1-7(2)17-9-8(4-3-5-13-9)6-14-11-16-15-10(12)18-11/h3-5,7H,6H2,1-2H3,(H,14,16). The molecule has 0 aliphatic heterocycles. The van der Waals surface area contributed by atoms with Crippen molar-refractivity contribution in [1.29, 1.82) is 0 Å². The molecule has 0 saturated heterocycles. The minimum atomic E-state index is 0.106. The van der Waals surface area contributed by atoms with Crippen LogP contribution in [0.4, 0.5) is 5.13 Å². The van der Waals surface area contributed by atoms with Gasteiger partial charge in [0.2, 0.25) is 11.0 Å². The molecule has 2 rings (SSSR count). The SMILES string of the molecule is CC(C)Oc1ncccc1CNc1nnc(Br)s1. The van der Waals surface area contributed by atoms with E-state index in [0.717, 1.165) is 14.6 Å². The Bertz CT molecular complexity index is 517. The zero-order chi connectivity index (χ0) is 13.0. The molecule has 96 valence electrons. The van der Waals surface area contributed by atoms with Gasteiger partial charge in [-0.05, 0) is 35.8 Å². The largest absolute Gasteiger partial charge is 0.475 e. The van der Waals surface area contributed by atoms with Gasteiger partial charge in [-0.25, -0.2) is 4.98 Å². The molecule has 2 aromatic heterocycles. The van der Waals surface area contributed by atoms with E-state index in [0.29, 0.717) is 12.4 Å². The molecule has 1 N–H and O–H groups in total. The molecule has 0 aliphatic rings. The highest BCUT2D eigenvalue weighted by Gasteiger charge is 2.07. The van der Waals surface area contributed by atoms with Crippen LogP contribution >= 0.6 is 27.3 Å². The van der Waals surface area contributed by atoms with Gasteiger partial charge in [0.05, 0.1) is 6.10 Å². The first-order chi connectivity index (χ1) is 8.65. The second kappa shape index (κ2) is 6.10. The van der Waals surface area contributed by atoms with E-state index in [-0.39, 0.29) is 6.10 Å². The Kier molecular flexibility index (Phi) is 4.48. The van der Waals surface area contributed by atoms with E-state index in [1.54, 1.807) is 6.20 Å². The molecule has 2 heterocycles. The molecular weight excluding hydrogens is 316 g/mol. The average Bonchev–Trinajstić information content (AvgIpc) is 2.73. The predicted molar refractivity (Wildman–Crippen MR) is 74.9 cm³/mol. The van der Waals surface area contributed by atoms with Crippen molar-refractivity contribution in [2.24, 2.45) is 0 Å². The maximum Gasteiger partial charge on any atom is 0.218 e. The normalized spacial score (nSPS) is 10.7. The summed E-state index contributed by atoms with van der Waals surface area (Å²) in [4.78, 5) is 4.23. The van der Waals surface area contributed by atoms with Crippen LogP contribution in [0.25, 0.3) is 0 Å². The highest BCUT2D eigenvalue weighted by Crippen LogP contribution is 2.22. The Morgan fingerprint density at radius 1 is 1.44 bits per heavy atom. The Balaban J connectivity index is 2.04. The lowest BCUT2D eigenvalue weighted by atomic mass is 10.2. The van der Waals surface area contributed by atoms with Crippen molar-refractivity contribution in [2.45, 2.75) is 26.5 Å². The van der Waals surface area contributed by atoms with Crippen molar-refractivity contribution in [1.82, 2.24) is 15.2 Å². The number of pyridine rings is 1. The predicted octanol–water partition coefficient (Wildman–Crippen LogP) is 3.09. The first-order valence-electron chi connectivity index (χ1n) is 5.48. The average molecular weight is 329 g/mol. The van der Waals surface area contributed by atoms with Gasteiger partial charge in [0, 0.05) is 18.3 Å². The van der Waals surface area contributed by atoms with Crippen LogP contribution in [0.3, 0.4) is 0 Å². The van der Waals surface area contributed by atoms with Gasteiger partial charge in [-0.3, -0.25) is 0 Å². The van der Waals surface area contributed by atoms with E-state index in [9.17, 15) is 0 Å². The van der Waals surface area contributed by atoms with Gasteiger partial charge in [0.25, 0.3) is 0 Å². The van der Waals surface area contributed by atoms with Gasteiger partial charge in [-0.15, -0.1) is 10.2 Å². The minimum absolute atomic E-state index is 0.106. The third kappa shape index (κ3) is 3.64. The van der Waals surface area contributed by atoms with Gasteiger partial charge in [-0.1, -0.05) is 17.4 Å². The number of nitrogens with one attached hydrogen (secondary N) is 1. The van der Waals surface area contributed by atoms with Crippen LogP contribution in [0.5, 0.6) is 5.88 Å². The molecule has 0 aromatic carbocycles. The Hall–Kier alpha value is -1.21. The Morgan fingerprint density at radius 2 is 2.28 bits per heavy atom. The summed E-state index contributed by atoms with van der Waals surface area (Å²) in [5.74, 6) is 0.656. The van der Waals surface area contributed by atoms with Crippen LogP contribution in [-0.4, -0.2) is 21.3 Å². The molecule has 18 heavy (non-hydrogen) atoms. The van der Waals surface area contributed by atoms with Gasteiger partial charge in [-0.2, -0.15) is 0 Å². The summed E-state index contributed by atoms with van der Waals surface area (Å²) < 4.78 is 6.41. The molecule has 0 radical (unpaired) electrons. The quantitative estimate of drug-likeness (QED) is 0.913. The number of halogens is 1. The maximum absolute atomic E-state index is 5.65. The van der Waals surface area contributed by atoms with Gasteiger partial charge >= 0.3 is 0 Å². The fraction of sp³-hybridized carbons (Fsp3) is 0.364. The second-order valence-corrected chi connectivity index (χ2v) is 6.10. The molecule has 0 fully saturated rings. The van der Waals surface area contributed by atoms with E-state index in [1.807, 2.05) is 26.0 Å². The Labute approximate surface area is 118 Å². The summed E-state index contributed by atoms with van der Waals surface area (Å²) >= 11 is 4.72. The van der Waals surface area contributed by atoms with Crippen LogP contribution in [-0.2, 0) is 6.54 Å². The lowest BCUT2D eigenvalue weighted by Gasteiger charge is -2.12. The van der Waals surface area contributed by atoms with E-state index < -0.39 is 0 Å². The molecule has 2 aromatic rings. The van der Waals surface area contributed by atoms with Crippen molar-refractivity contribution in [3.63, 3.8) is 0 Å². The van der Waals surface area contributed by atoms with E-state index in [2.05, 4.69) is 36.4 Å². The smallest absolute Gasteiger partial charge is 0.218 e. The molecular formula is C11H13BrN4OS. The highest BCUT2D eigenvalue weighted by atomic mass is 79.9. The minimum Gasteiger partial charge on any atom is -0.475 e. The van der Waals surface area contributed by atoms with Crippen LogP contribution in [0.15, 0.2) is 22.2 Å². The van der Waals surface area contributed by atoms with Crippen molar-refractivity contribution in [3.8, 4) is 5.88 Å². The Morgan fingerprint density at radius 3 is 2.94 bits per heavy atom. The van der Waals surface area contributed by atoms with Crippen LogP contribution < -0.4 is 10.1 Å². The summed E-state index contributed by atoms with van der Waals surface area (Å²) in [5.41, 5.74) is 0.998. The summed E-state index contributed by atoms with van der Waals surface area (Å²) in [5, 5.41) is 11.8. The number of anilines is 1. The van der Waals surface area contributed by atoms with Crippen LogP contribution in [0, 0.1) is 0 Å². The van der Waals surface area contributed by atoms with Gasteiger partial charge in [0.1, 0.15) is 0 Å². The maximum atomic E-state index is 5.65. The molecule has 7 heteroatoms. The number of nitrogens with zero attached hydrogens (tertiary/aromatic N) is 3.